The van der Waals surface area contributed by atoms with Crippen molar-refractivity contribution in [2.24, 2.45) is 0 Å². The maximum absolute atomic E-state index is 6.26. The molecule has 0 fully saturated rings. The molecule has 2 aliphatic carbocycles. The Hall–Kier alpha value is -2.99. The molecule has 4 aromatic carbocycles. The van der Waals surface area contributed by atoms with Gasteiger partial charge in [-0.15, -0.1) is 0 Å². The minimum Gasteiger partial charge on any atom is -0.0963 e. The first-order valence-corrected chi connectivity index (χ1v) is 9.21. The fourth-order valence-electron chi connectivity index (χ4n) is 5.17. The number of benzene rings is 4. The summed E-state index contributed by atoms with van der Waals surface area (Å²) in [6, 6.07) is 30.0. The van der Waals surface area contributed by atoms with Crippen LogP contribution in [0, 0.1) is 0 Å². The molecule has 0 saturated heterocycles. The molecule has 0 nitrogen and oxygen atoms in total. The van der Waals surface area contributed by atoms with Crippen LogP contribution in [0.1, 0.15) is 22.3 Å². The third kappa shape index (κ3) is 1.71. The van der Waals surface area contributed by atoms with Gasteiger partial charge in [0.25, 0.3) is 0 Å². The molecule has 1 spiro atoms. The Morgan fingerprint density at radius 3 is 1.33 bits per heavy atom. The van der Waals surface area contributed by atoms with Gasteiger partial charge in [0.2, 0.25) is 0 Å². The second-order valence-corrected chi connectivity index (χ2v) is 7.45. The van der Waals surface area contributed by atoms with Crippen LogP contribution in [0.4, 0.5) is 0 Å². The van der Waals surface area contributed by atoms with Crippen molar-refractivity contribution < 1.29 is 0 Å². The number of hydrogen-bond acceptors (Lipinski definition) is 0. The molecule has 4 aromatic rings. The smallest absolute Gasteiger partial charge is 0.0963 e. The van der Waals surface area contributed by atoms with Crippen molar-refractivity contribution in [2.75, 3.05) is 0 Å². The summed E-state index contributed by atoms with van der Waals surface area (Å²) >= 11 is 0. The molecule has 0 unspecified atom stereocenters. The third-order valence-corrected chi connectivity index (χ3v) is 6.14. The molecule has 0 amide bonds. The Balaban J connectivity index is 1.88. The Morgan fingerprint density at radius 1 is 0.444 bits per heavy atom. The average molecular weight is 336 g/mol. The van der Waals surface area contributed by atoms with Gasteiger partial charge in [-0.2, -0.15) is 0 Å². The van der Waals surface area contributed by atoms with Crippen LogP contribution < -0.4 is 10.9 Å². The van der Waals surface area contributed by atoms with E-state index in [9.17, 15) is 0 Å². The van der Waals surface area contributed by atoms with Gasteiger partial charge in [-0.3, -0.25) is 0 Å². The second-order valence-electron chi connectivity index (χ2n) is 7.45. The molecule has 27 heavy (non-hydrogen) atoms. The minimum atomic E-state index is -0.359. The average Bonchev–Trinajstić information content (AvgIpc) is 3.14. The highest BCUT2D eigenvalue weighted by Gasteiger charge is 2.51. The van der Waals surface area contributed by atoms with Gasteiger partial charge in [0, 0.05) is 0 Å². The molecule has 4 radical (unpaired) electrons. The Labute approximate surface area is 161 Å². The number of fused-ring (bicyclic) bond motifs is 10. The maximum atomic E-state index is 6.26. The standard InChI is InChI=1S/C25H14B2/c26-15-9-11-19-17-5-1-3-7-21(17)25(23(19)13-15)22-8-4-2-6-18(22)20-12-10-16(27)14-24(20)25/h1-14H. The lowest BCUT2D eigenvalue weighted by molar-refractivity contribution is 0.795. The van der Waals surface area contributed by atoms with E-state index in [-0.39, 0.29) is 5.41 Å². The van der Waals surface area contributed by atoms with Crippen LogP contribution in [0.15, 0.2) is 84.9 Å². The Kier molecular flexibility index (Phi) is 2.82. The van der Waals surface area contributed by atoms with Crippen molar-refractivity contribution in [3.05, 3.63) is 107 Å². The topological polar surface area (TPSA) is 0 Å². The molecule has 120 valence electrons. The Bertz CT molecular complexity index is 1150. The summed E-state index contributed by atoms with van der Waals surface area (Å²) in [5.41, 5.74) is 11.4. The molecule has 0 atom stereocenters. The van der Waals surface area contributed by atoms with Crippen molar-refractivity contribution in [3.63, 3.8) is 0 Å². The molecule has 0 bridgehead atoms. The molecule has 0 aromatic heterocycles. The maximum Gasteiger partial charge on any atom is 0.113 e. The summed E-state index contributed by atoms with van der Waals surface area (Å²) in [5.74, 6) is 0. The lowest BCUT2D eigenvalue weighted by Gasteiger charge is -2.31. The van der Waals surface area contributed by atoms with Crippen molar-refractivity contribution in [1.29, 1.82) is 0 Å². The summed E-state index contributed by atoms with van der Waals surface area (Å²) in [6.45, 7) is 0. The summed E-state index contributed by atoms with van der Waals surface area (Å²) in [6.07, 6.45) is 0. The van der Waals surface area contributed by atoms with E-state index >= 15 is 0 Å². The normalized spacial score (nSPS) is 14.5. The lowest BCUT2D eigenvalue weighted by atomic mass is 9.69. The van der Waals surface area contributed by atoms with E-state index < -0.39 is 0 Å². The fourth-order valence-corrected chi connectivity index (χ4v) is 5.17. The van der Waals surface area contributed by atoms with Gasteiger partial charge >= 0.3 is 0 Å². The second kappa shape index (κ2) is 5.04. The molecule has 0 N–H and O–H groups in total. The molecular formula is C25H14B2. The largest absolute Gasteiger partial charge is 0.113 e. The van der Waals surface area contributed by atoms with E-state index in [1.165, 1.54) is 44.5 Å². The summed E-state index contributed by atoms with van der Waals surface area (Å²) in [5, 5.41) is 0. The van der Waals surface area contributed by atoms with Crippen molar-refractivity contribution in [2.45, 2.75) is 5.41 Å². The Morgan fingerprint density at radius 2 is 0.852 bits per heavy atom. The quantitative estimate of drug-likeness (QED) is 0.372. The zero-order valence-electron chi connectivity index (χ0n) is 14.7. The molecule has 0 aliphatic heterocycles. The highest BCUT2D eigenvalue weighted by molar-refractivity contribution is 6.33. The summed E-state index contributed by atoms with van der Waals surface area (Å²) < 4.78 is 0. The van der Waals surface area contributed by atoms with Gasteiger partial charge < -0.3 is 0 Å². The monoisotopic (exact) mass is 336 g/mol. The van der Waals surface area contributed by atoms with Gasteiger partial charge in [-0.05, 0) is 44.5 Å². The van der Waals surface area contributed by atoms with Crippen LogP contribution >= 0.6 is 0 Å². The zero-order chi connectivity index (χ0) is 18.2. The van der Waals surface area contributed by atoms with Gasteiger partial charge in [0.05, 0.1) is 5.41 Å². The van der Waals surface area contributed by atoms with Crippen LogP contribution in [0.3, 0.4) is 0 Å². The number of rotatable bonds is 0. The summed E-state index contributed by atoms with van der Waals surface area (Å²) in [7, 11) is 12.5. The highest BCUT2D eigenvalue weighted by Crippen LogP contribution is 2.62. The first-order chi connectivity index (χ1) is 13.2. The third-order valence-electron chi connectivity index (χ3n) is 6.14. The molecule has 2 heteroatoms. The highest BCUT2D eigenvalue weighted by atomic mass is 14.5. The van der Waals surface area contributed by atoms with Gasteiger partial charge in [-0.25, -0.2) is 0 Å². The first kappa shape index (κ1) is 15.1. The molecular weight excluding hydrogens is 322 g/mol. The predicted octanol–water partition coefficient (Wildman–Crippen LogP) is 3.62. The van der Waals surface area contributed by atoms with Crippen LogP contribution in [0.5, 0.6) is 0 Å². The van der Waals surface area contributed by atoms with Gasteiger partial charge in [-0.1, -0.05) is 95.9 Å². The molecule has 2 aliphatic rings. The number of hydrogen-bond donors (Lipinski definition) is 0. The van der Waals surface area contributed by atoms with Crippen LogP contribution in [0.2, 0.25) is 0 Å². The van der Waals surface area contributed by atoms with Gasteiger partial charge in [0.1, 0.15) is 15.7 Å². The van der Waals surface area contributed by atoms with E-state index in [1.54, 1.807) is 0 Å². The van der Waals surface area contributed by atoms with E-state index in [0.717, 1.165) is 10.9 Å². The lowest BCUT2D eigenvalue weighted by Crippen LogP contribution is -2.28. The van der Waals surface area contributed by atoms with Crippen molar-refractivity contribution in [3.8, 4) is 22.3 Å². The molecule has 0 saturated carbocycles. The van der Waals surface area contributed by atoms with Gasteiger partial charge in [0.15, 0.2) is 0 Å². The van der Waals surface area contributed by atoms with Crippen LogP contribution in [0.25, 0.3) is 22.3 Å². The molecule has 6 rings (SSSR count). The van der Waals surface area contributed by atoms with Crippen molar-refractivity contribution in [1.82, 2.24) is 0 Å². The van der Waals surface area contributed by atoms with E-state index in [2.05, 4.69) is 72.8 Å². The van der Waals surface area contributed by atoms with E-state index in [0.29, 0.717) is 0 Å². The van der Waals surface area contributed by atoms with E-state index in [1.807, 2.05) is 12.1 Å². The van der Waals surface area contributed by atoms with Crippen LogP contribution in [-0.2, 0) is 5.41 Å². The minimum absolute atomic E-state index is 0.359. The predicted molar refractivity (Wildman–Crippen MR) is 114 cm³/mol. The zero-order valence-corrected chi connectivity index (χ0v) is 14.7. The SMILES string of the molecule is [B]c1ccc2c(c1)C1(c3ccccc3-2)c2ccccc2-c2ccc([B])cc21. The van der Waals surface area contributed by atoms with E-state index in [4.69, 9.17) is 15.7 Å². The van der Waals surface area contributed by atoms with Crippen LogP contribution in [-0.4, -0.2) is 15.7 Å². The summed E-state index contributed by atoms with van der Waals surface area (Å²) in [4.78, 5) is 0. The first-order valence-electron chi connectivity index (χ1n) is 9.21. The fraction of sp³-hybridized carbons (Fsp3) is 0.0400. The van der Waals surface area contributed by atoms with Crippen molar-refractivity contribution >= 4 is 26.6 Å². The molecule has 0 heterocycles.